The van der Waals surface area contributed by atoms with E-state index in [4.69, 9.17) is 9.73 Å². The van der Waals surface area contributed by atoms with E-state index in [0.29, 0.717) is 12.6 Å². The summed E-state index contributed by atoms with van der Waals surface area (Å²) in [6.45, 7) is 5.95. The highest BCUT2D eigenvalue weighted by molar-refractivity contribution is 14.0. The van der Waals surface area contributed by atoms with Crippen LogP contribution in [0.2, 0.25) is 0 Å². The van der Waals surface area contributed by atoms with Crippen molar-refractivity contribution >= 4 is 29.9 Å². The number of nitrogens with one attached hydrogen (secondary N) is 2. The van der Waals surface area contributed by atoms with Crippen LogP contribution in [0.4, 0.5) is 0 Å². The van der Waals surface area contributed by atoms with Crippen molar-refractivity contribution < 1.29 is 4.74 Å². The van der Waals surface area contributed by atoms with E-state index >= 15 is 0 Å². The van der Waals surface area contributed by atoms with Crippen LogP contribution in [0.15, 0.2) is 29.3 Å². The zero-order valence-corrected chi connectivity index (χ0v) is 16.8. The Balaban J connectivity index is 0.00000264. The molecule has 0 radical (unpaired) electrons. The van der Waals surface area contributed by atoms with Crippen LogP contribution in [-0.4, -0.2) is 25.7 Å². The number of para-hydroxylation sites is 1. The van der Waals surface area contributed by atoms with Gasteiger partial charge in [0.2, 0.25) is 0 Å². The van der Waals surface area contributed by atoms with Crippen LogP contribution < -0.4 is 15.4 Å². The standard InChI is InChI=1S/C18H29N3O.HI/c1-4-19-18(21-16-11-9-14(2)10-12-16)20-13-15-7-5-6-8-17(15)22-3;/h5-8,14,16H,4,9-13H2,1-3H3,(H2,19,20,21);1H. The lowest BCUT2D eigenvalue weighted by atomic mass is 9.87. The Kier molecular flexibility index (Phi) is 9.36. The van der Waals surface area contributed by atoms with Crippen molar-refractivity contribution in [2.45, 2.75) is 52.1 Å². The molecule has 0 heterocycles. The summed E-state index contributed by atoms with van der Waals surface area (Å²) in [6.07, 6.45) is 5.09. The minimum absolute atomic E-state index is 0. The number of nitrogens with zero attached hydrogens (tertiary/aromatic N) is 1. The Labute approximate surface area is 157 Å². The molecular formula is C18H30IN3O. The van der Waals surface area contributed by atoms with Crippen LogP contribution in [0.1, 0.15) is 45.1 Å². The van der Waals surface area contributed by atoms with E-state index in [1.165, 1.54) is 25.7 Å². The molecule has 1 aliphatic carbocycles. The minimum Gasteiger partial charge on any atom is -0.496 e. The molecule has 2 N–H and O–H groups in total. The van der Waals surface area contributed by atoms with Crippen molar-refractivity contribution in [1.82, 2.24) is 10.6 Å². The van der Waals surface area contributed by atoms with Crippen molar-refractivity contribution in [2.75, 3.05) is 13.7 Å². The van der Waals surface area contributed by atoms with E-state index in [1.54, 1.807) is 7.11 Å². The van der Waals surface area contributed by atoms with Gasteiger partial charge in [0, 0.05) is 18.2 Å². The maximum atomic E-state index is 5.39. The third-order valence-corrected chi connectivity index (χ3v) is 4.30. The van der Waals surface area contributed by atoms with Crippen LogP contribution >= 0.6 is 24.0 Å². The molecule has 4 nitrogen and oxygen atoms in total. The van der Waals surface area contributed by atoms with E-state index in [9.17, 15) is 0 Å². The smallest absolute Gasteiger partial charge is 0.191 e. The van der Waals surface area contributed by atoms with Gasteiger partial charge in [0.05, 0.1) is 13.7 Å². The highest BCUT2D eigenvalue weighted by atomic mass is 127. The van der Waals surface area contributed by atoms with Crippen LogP contribution in [-0.2, 0) is 6.54 Å². The van der Waals surface area contributed by atoms with Gasteiger partial charge in [-0.2, -0.15) is 0 Å². The first-order valence-corrected chi connectivity index (χ1v) is 8.39. The number of aliphatic imine (C=N–C) groups is 1. The first kappa shape index (κ1) is 20.1. The predicted octanol–water partition coefficient (Wildman–Crippen LogP) is 3.95. The van der Waals surface area contributed by atoms with Crippen LogP contribution in [0.3, 0.4) is 0 Å². The van der Waals surface area contributed by atoms with Gasteiger partial charge in [-0.3, -0.25) is 0 Å². The van der Waals surface area contributed by atoms with Crippen molar-refractivity contribution in [1.29, 1.82) is 0 Å². The summed E-state index contributed by atoms with van der Waals surface area (Å²) in [4.78, 5) is 4.72. The van der Waals surface area contributed by atoms with Crippen molar-refractivity contribution in [2.24, 2.45) is 10.9 Å². The maximum absolute atomic E-state index is 5.39. The minimum atomic E-state index is 0. The topological polar surface area (TPSA) is 45.7 Å². The summed E-state index contributed by atoms with van der Waals surface area (Å²) in [5.41, 5.74) is 1.11. The zero-order valence-electron chi connectivity index (χ0n) is 14.5. The van der Waals surface area contributed by atoms with E-state index < -0.39 is 0 Å². The lowest BCUT2D eigenvalue weighted by molar-refractivity contribution is 0.329. The molecule has 1 fully saturated rings. The Morgan fingerprint density at radius 2 is 1.91 bits per heavy atom. The largest absolute Gasteiger partial charge is 0.496 e. The number of ether oxygens (including phenoxy) is 1. The monoisotopic (exact) mass is 431 g/mol. The van der Waals surface area contributed by atoms with Gasteiger partial charge in [-0.15, -0.1) is 24.0 Å². The predicted molar refractivity (Wildman–Crippen MR) is 108 cm³/mol. The first-order chi connectivity index (χ1) is 10.7. The third kappa shape index (κ3) is 6.57. The summed E-state index contributed by atoms with van der Waals surface area (Å²) < 4.78 is 5.39. The van der Waals surface area contributed by atoms with E-state index in [0.717, 1.165) is 29.7 Å². The molecule has 0 aromatic heterocycles. The average molecular weight is 431 g/mol. The Morgan fingerprint density at radius 3 is 2.57 bits per heavy atom. The van der Waals surface area contributed by atoms with Gasteiger partial charge >= 0.3 is 0 Å². The fourth-order valence-corrected chi connectivity index (χ4v) is 2.92. The number of guanidine groups is 1. The van der Waals surface area contributed by atoms with Gasteiger partial charge in [0.15, 0.2) is 5.96 Å². The lowest BCUT2D eigenvalue weighted by Crippen LogP contribution is -2.44. The highest BCUT2D eigenvalue weighted by Crippen LogP contribution is 2.23. The molecule has 0 atom stereocenters. The molecule has 0 amide bonds. The fourth-order valence-electron chi connectivity index (χ4n) is 2.92. The SMILES string of the molecule is CCNC(=NCc1ccccc1OC)NC1CCC(C)CC1.I. The Bertz CT molecular complexity index is 485. The molecule has 0 bridgehead atoms. The summed E-state index contributed by atoms with van der Waals surface area (Å²) in [5, 5.41) is 6.93. The second-order valence-corrected chi connectivity index (χ2v) is 6.11. The summed E-state index contributed by atoms with van der Waals surface area (Å²) in [5.74, 6) is 2.67. The van der Waals surface area contributed by atoms with Crippen LogP contribution in [0.25, 0.3) is 0 Å². The second-order valence-electron chi connectivity index (χ2n) is 6.11. The van der Waals surface area contributed by atoms with E-state index in [1.807, 2.05) is 18.2 Å². The van der Waals surface area contributed by atoms with Gasteiger partial charge < -0.3 is 15.4 Å². The molecule has 1 aliphatic rings. The number of hydrogen-bond donors (Lipinski definition) is 2. The van der Waals surface area contributed by atoms with Crippen LogP contribution in [0.5, 0.6) is 5.75 Å². The summed E-state index contributed by atoms with van der Waals surface area (Å²) >= 11 is 0. The molecule has 0 aliphatic heterocycles. The van der Waals surface area contributed by atoms with Gasteiger partial charge in [-0.1, -0.05) is 25.1 Å². The van der Waals surface area contributed by atoms with Gasteiger partial charge in [0.1, 0.15) is 5.75 Å². The van der Waals surface area contributed by atoms with Crippen molar-refractivity contribution in [3.05, 3.63) is 29.8 Å². The third-order valence-electron chi connectivity index (χ3n) is 4.30. The van der Waals surface area contributed by atoms with Gasteiger partial charge in [-0.05, 0) is 44.6 Å². The van der Waals surface area contributed by atoms with E-state index in [-0.39, 0.29) is 24.0 Å². The van der Waals surface area contributed by atoms with Crippen molar-refractivity contribution in [3.8, 4) is 5.75 Å². The molecule has 0 saturated heterocycles. The Hall–Kier alpha value is -0.980. The average Bonchev–Trinajstić information content (AvgIpc) is 2.55. The second kappa shape index (κ2) is 10.7. The molecular weight excluding hydrogens is 401 g/mol. The first-order valence-electron chi connectivity index (χ1n) is 8.39. The number of halogens is 1. The molecule has 1 aromatic carbocycles. The number of hydrogen-bond acceptors (Lipinski definition) is 2. The zero-order chi connectivity index (χ0) is 15.8. The number of methoxy groups -OCH3 is 1. The Morgan fingerprint density at radius 1 is 1.22 bits per heavy atom. The molecule has 5 heteroatoms. The maximum Gasteiger partial charge on any atom is 0.191 e. The number of benzene rings is 1. The molecule has 0 unspecified atom stereocenters. The van der Waals surface area contributed by atoms with Gasteiger partial charge in [-0.25, -0.2) is 4.99 Å². The number of rotatable bonds is 5. The molecule has 23 heavy (non-hydrogen) atoms. The van der Waals surface area contributed by atoms with E-state index in [2.05, 4.69) is 30.5 Å². The molecule has 130 valence electrons. The normalized spacial score (nSPS) is 21.3. The molecule has 0 spiro atoms. The summed E-state index contributed by atoms with van der Waals surface area (Å²) in [6, 6.07) is 8.60. The molecule has 2 rings (SSSR count). The molecule has 1 aromatic rings. The highest BCUT2D eigenvalue weighted by Gasteiger charge is 2.18. The summed E-state index contributed by atoms with van der Waals surface area (Å²) in [7, 11) is 1.70. The lowest BCUT2D eigenvalue weighted by Gasteiger charge is -2.28. The molecule has 1 saturated carbocycles. The van der Waals surface area contributed by atoms with Crippen molar-refractivity contribution in [3.63, 3.8) is 0 Å². The quantitative estimate of drug-likeness (QED) is 0.422. The van der Waals surface area contributed by atoms with Gasteiger partial charge in [0.25, 0.3) is 0 Å². The van der Waals surface area contributed by atoms with Crippen LogP contribution in [0, 0.1) is 5.92 Å². The fraction of sp³-hybridized carbons (Fsp3) is 0.611.